The Morgan fingerprint density at radius 2 is 2.17 bits per heavy atom. The van der Waals surface area contributed by atoms with Gasteiger partial charge in [-0.2, -0.15) is 0 Å². The van der Waals surface area contributed by atoms with Crippen molar-refractivity contribution < 1.29 is 10.2 Å². The van der Waals surface area contributed by atoms with Gasteiger partial charge in [0.15, 0.2) is 0 Å². The predicted molar refractivity (Wildman–Crippen MR) is 67.5 cm³/mol. The Morgan fingerprint density at radius 3 is 3.00 bits per heavy atom. The van der Waals surface area contributed by atoms with E-state index >= 15 is 0 Å². The molecule has 0 bridgehead atoms. The first-order valence-corrected chi connectivity index (χ1v) is 6.22. The van der Waals surface area contributed by atoms with E-state index in [9.17, 15) is 10.2 Å². The molecule has 1 aliphatic heterocycles. The van der Waals surface area contributed by atoms with E-state index in [1.165, 1.54) is 0 Å². The molecule has 1 aromatic carbocycles. The van der Waals surface area contributed by atoms with Crippen LogP contribution in [0.15, 0.2) is 30.5 Å². The SMILES string of the molecule is Oc1ccccc1Cc1cn2c(n1)CC(O)CC2. The number of imidazole rings is 1. The third kappa shape index (κ3) is 2.11. The summed E-state index contributed by atoms with van der Waals surface area (Å²) in [7, 11) is 0. The van der Waals surface area contributed by atoms with Crippen molar-refractivity contribution in [2.75, 3.05) is 0 Å². The van der Waals surface area contributed by atoms with E-state index < -0.39 is 0 Å². The maximum Gasteiger partial charge on any atom is 0.119 e. The number of phenols is 1. The summed E-state index contributed by atoms with van der Waals surface area (Å²) in [6.07, 6.45) is 3.80. The van der Waals surface area contributed by atoms with Crippen LogP contribution in [0.1, 0.15) is 23.5 Å². The van der Waals surface area contributed by atoms with E-state index in [1.807, 2.05) is 24.4 Å². The van der Waals surface area contributed by atoms with Crippen LogP contribution in [0.3, 0.4) is 0 Å². The van der Waals surface area contributed by atoms with Gasteiger partial charge in [0.25, 0.3) is 0 Å². The number of aryl methyl sites for hydroxylation is 1. The monoisotopic (exact) mass is 244 g/mol. The fourth-order valence-corrected chi connectivity index (χ4v) is 2.41. The maximum atomic E-state index is 9.74. The molecule has 4 heteroatoms. The number of para-hydroxylation sites is 1. The summed E-state index contributed by atoms with van der Waals surface area (Å²) in [6.45, 7) is 0.824. The molecule has 2 heterocycles. The number of rotatable bonds is 2. The molecule has 18 heavy (non-hydrogen) atoms. The van der Waals surface area contributed by atoms with Crippen molar-refractivity contribution in [2.24, 2.45) is 0 Å². The van der Waals surface area contributed by atoms with Gasteiger partial charge >= 0.3 is 0 Å². The highest BCUT2D eigenvalue weighted by Gasteiger charge is 2.18. The first-order valence-electron chi connectivity index (χ1n) is 6.22. The molecule has 0 saturated heterocycles. The molecular weight excluding hydrogens is 228 g/mol. The van der Waals surface area contributed by atoms with E-state index in [1.54, 1.807) is 6.07 Å². The Morgan fingerprint density at radius 1 is 1.33 bits per heavy atom. The molecule has 1 aromatic heterocycles. The number of hydrogen-bond acceptors (Lipinski definition) is 3. The van der Waals surface area contributed by atoms with Gasteiger partial charge in [0.2, 0.25) is 0 Å². The van der Waals surface area contributed by atoms with Crippen LogP contribution in [-0.2, 0) is 19.4 Å². The van der Waals surface area contributed by atoms with Gasteiger partial charge in [0.05, 0.1) is 11.8 Å². The minimum atomic E-state index is -0.266. The van der Waals surface area contributed by atoms with Gasteiger partial charge in [0.1, 0.15) is 11.6 Å². The number of hydrogen-bond donors (Lipinski definition) is 2. The van der Waals surface area contributed by atoms with Crippen LogP contribution < -0.4 is 0 Å². The van der Waals surface area contributed by atoms with Crippen LogP contribution in [0.25, 0.3) is 0 Å². The summed E-state index contributed by atoms with van der Waals surface area (Å²) < 4.78 is 2.10. The lowest BCUT2D eigenvalue weighted by atomic mass is 10.1. The lowest BCUT2D eigenvalue weighted by Gasteiger charge is -2.18. The van der Waals surface area contributed by atoms with E-state index in [4.69, 9.17) is 0 Å². The van der Waals surface area contributed by atoms with Crippen LogP contribution in [-0.4, -0.2) is 25.9 Å². The topological polar surface area (TPSA) is 58.3 Å². The average Bonchev–Trinajstić information content (AvgIpc) is 2.73. The predicted octanol–water partition coefficient (Wildman–Crippen LogP) is 1.49. The van der Waals surface area contributed by atoms with Crippen LogP contribution in [0, 0.1) is 0 Å². The van der Waals surface area contributed by atoms with Crippen molar-refractivity contribution in [3.05, 3.63) is 47.5 Å². The van der Waals surface area contributed by atoms with Gasteiger partial charge < -0.3 is 14.8 Å². The van der Waals surface area contributed by atoms with Crippen molar-refractivity contribution >= 4 is 0 Å². The Bertz CT molecular complexity index is 563. The molecule has 1 atom stereocenters. The molecule has 0 fully saturated rings. The number of benzene rings is 1. The second kappa shape index (κ2) is 4.46. The van der Waals surface area contributed by atoms with E-state index in [-0.39, 0.29) is 6.10 Å². The zero-order chi connectivity index (χ0) is 12.5. The molecule has 0 aliphatic carbocycles. The van der Waals surface area contributed by atoms with Crippen molar-refractivity contribution in [3.63, 3.8) is 0 Å². The molecule has 1 unspecified atom stereocenters. The number of aromatic hydroxyl groups is 1. The Kier molecular flexibility index (Phi) is 2.80. The zero-order valence-electron chi connectivity index (χ0n) is 10.1. The molecule has 3 rings (SSSR count). The summed E-state index contributed by atoms with van der Waals surface area (Å²) in [4.78, 5) is 4.53. The van der Waals surface area contributed by atoms with Crippen LogP contribution in [0.2, 0.25) is 0 Å². The van der Waals surface area contributed by atoms with Gasteiger partial charge in [-0.25, -0.2) is 4.98 Å². The number of aliphatic hydroxyl groups is 1. The first kappa shape index (κ1) is 11.3. The lowest BCUT2D eigenvalue weighted by Crippen LogP contribution is -2.22. The quantitative estimate of drug-likeness (QED) is 0.841. The highest BCUT2D eigenvalue weighted by atomic mass is 16.3. The van der Waals surface area contributed by atoms with Crippen LogP contribution in [0.4, 0.5) is 0 Å². The van der Waals surface area contributed by atoms with E-state index in [2.05, 4.69) is 9.55 Å². The molecule has 1 aliphatic rings. The van der Waals surface area contributed by atoms with Crippen LogP contribution >= 0.6 is 0 Å². The van der Waals surface area contributed by atoms with E-state index in [0.717, 1.165) is 30.0 Å². The minimum Gasteiger partial charge on any atom is -0.508 e. The standard InChI is InChI=1S/C14H16N2O2/c17-12-5-6-16-9-11(15-14(16)8-12)7-10-3-1-2-4-13(10)18/h1-4,9,12,17-18H,5-8H2. The lowest BCUT2D eigenvalue weighted by molar-refractivity contribution is 0.141. The normalized spacial score (nSPS) is 18.6. The molecule has 0 radical (unpaired) electrons. The van der Waals surface area contributed by atoms with Crippen molar-refractivity contribution in [2.45, 2.75) is 31.9 Å². The van der Waals surface area contributed by atoms with Crippen molar-refractivity contribution in [1.82, 2.24) is 9.55 Å². The third-order valence-electron chi connectivity index (χ3n) is 3.39. The van der Waals surface area contributed by atoms with Gasteiger partial charge in [-0.3, -0.25) is 0 Å². The van der Waals surface area contributed by atoms with Gasteiger partial charge in [-0.05, 0) is 18.1 Å². The molecular formula is C14H16N2O2. The van der Waals surface area contributed by atoms with Crippen molar-refractivity contribution in [3.8, 4) is 5.75 Å². The molecule has 4 nitrogen and oxygen atoms in total. The zero-order valence-corrected chi connectivity index (χ0v) is 10.1. The Hall–Kier alpha value is -1.81. The summed E-state index contributed by atoms with van der Waals surface area (Å²) >= 11 is 0. The summed E-state index contributed by atoms with van der Waals surface area (Å²) in [5, 5.41) is 19.3. The Labute approximate surface area is 106 Å². The number of phenolic OH excluding ortho intramolecular Hbond substituents is 1. The third-order valence-corrected chi connectivity index (χ3v) is 3.39. The number of fused-ring (bicyclic) bond motifs is 1. The van der Waals surface area contributed by atoms with Crippen LogP contribution in [0.5, 0.6) is 5.75 Å². The summed E-state index contributed by atoms with van der Waals surface area (Å²) in [5.41, 5.74) is 1.83. The molecule has 0 spiro atoms. The van der Waals surface area contributed by atoms with Gasteiger partial charge in [-0.1, -0.05) is 18.2 Å². The Balaban J connectivity index is 1.84. The first-order chi connectivity index (χ1) is 8.72. The largest absolute Gasteiger partial charge is 0.508 e. The van der Waals surface area contributed by atoms with Crippen molar-refractivity contribution in [1.29, 1.82) is 0 Å². The smallest absolute Gasteiger partial charge is 0.119 e. The highest BCUT2D eigenvalue weighted by Crippen LogP contribution is 2.21. The highest BCUT2D eigenvalue weighted by molar-refractivity contribution is 5.34. The number of nitrogens with zero attached hydrogens (tertiary/aromatic N) is 2. The fourth-order valence-electron chi connectivity index (χ4n) is 2.41. The van der Waals surface area contributed by atoms with E-state index in [0.29, 0.717) is 18.6 Å². The number of aromatic nitrogens is 2. The molecule has 0 amide bonds. The second-order valence-corrected chi connectivity index (χ2v) is 4.79. The maximum absolute atomic E-state index is 9.74. The summed E-state index contributed by atoms with van der Waals surface area (Å²) in [5.74, 6) is 1.25. The average molecular weight is 244 g/mol. The molecule has 0 saturated carbocycles. The van der Waals surface area contributed by atoms with Gasteiger partial charge in [-0.15, -0.1) is 0 Å². The van der Waals surface area contributed by atoms with Gasteiger partial charge in [0, 0.05) is 25.6 Å². The minimum absolute atomic E-state index is 0.266. The molecule has 2 N–H and O–H groups in total. The molecule has 2 aromatic rings. The fraction of sp³-hybridized carbons (Fsp3) is 0.357. The second-order valence-electron chi connectivity index (χ2n) is 4.79. The molecule has 94 valence electrons. The summed E-state index contributed by atoms with van der Waals surface area (Å²) in [6, 6.07) is 7.32. The number of aliphatic hydroxyl groups excluding tert-OH is 1.